The van der Waals surface area contributed by atoms with E-state index in [9.17, 15) is 5.11 Å². The number of ether oxygens (including phenoxy) is 1. The largest absolute Gasteiger partial charge is 0.494 e. The van der Waals surface area contributed by atoms with Gasteiger partial charge in [-0.05, 0) is 80.1 Å². The lowest BCUT2D eigenvalue weighted by Gasteiger charge is -2.15. The maximum absolute atomic E-state index is 11.1. The van der Waals surface area contributed by atoms with Gasteiger partial charge >= 0.3 is 0 Å². The first kappa shape index (κ1) is 21.1. The highest BCUT2D eigenvalue weighted by Gasteiger charge is 2.20. The summed E-state index contributed by atoms with van der Waals surface area (Å²) in [6, 6.07) is 22.2. The first-order valence-electron chi connectivity index (χ1n) is 10.9. The van der Waals surface area contributed by atoms with Gasteiger partial charge in [0.1, 0.15) is 17.7 Å². The summed E-state index contributed by atoms with van der Waals surface area (Å²) in [4.78, 5) is 4.83. The Bertz CT molecular complexity index is 1160. The molecule has 4 heteroatoms. The normalized spacial score (nSPS) is 12.3. The number of hydrogen-bond donors (Lipinski definition) is 1. The van der Waals surface area contributed by atoms with Crippen molar-refractivity contribution in [2.45, 2.75) is 46.3 Å². The molecule has 1 unspecified atom stereocenters. The molecule has 0 aliphatic heterocycles. The van der Waals surface area contributed by atoms with Crippen molar-refractivity contribution < 1.29 is 9.84 Å². The van der Waals surface area contributed by atoms with Gasteiger partial charge in [-0.25, -0.2) is 4.98 Å². The highest BCUT2D eigenvalue weighted by Crippen LogP contribution is 2.28. The van der Waals surface area contributed by atoms with Crippen molar-refractivity contribution in [3.05, 3.63) is 94.8 Å². The third kappa shape index (κ3) is 4.80. The lowest BCUT2D eigenvalue weighted by molar-refractivity contribution is 0.204. The van der Waals surface area contributed by atoms with E-state index in [1.165, 1.54) is 16.7 Å². The molecule has 0 aliphatic carbocycles. The van der Waals surface area contributed by atoms with Gasteiger partial charge in [0.15, 0.2) is 0 Å². The van der Waals surface area contributed by atoms with E-state index in [2.05, 4.69) is 49.6 Å². The van der Waals surface area contributed by atoms with Crippen LogP contribution in [-0.4, -0.2) is 21.3 Å². The smallest absolute Gasteiger partial charge is 0.143 e. The summed E-state index contributed by atoms with van der Waals surface area (Å²) in [6.07, 6.45) is 1.12. The lowest BCUT2D eigenvalue weighted by atomic mass is 10.1. The van der Waals surface area contributed by atoms with Crippen LogP contribution in [0.5, 0.6) is 5.75 Å². The predicted octanol–water partition coefficient (Wildman–Crippen LogP) is 5.90. The van der Waals surface area contributed by atoms with Crippen molar-refractivity contribution in [3.63, 3.8) is 0 Å². The molecular weight excluding hydrogens is 384 g/mol. The number of rotatable bonds is 8. The summed E-state index contributed by atoms with van der Waals surface area (Å²) in [5.74, 6) is 1.62. The maximum Gasteiger partial charge on any atom is 0.143 e. The fraction of sp³-hybridized carbons (Fsp3) is 0.296. The standard InChI is InChI=1S/C27H30N2O2/c1-19-10-9-13-23(16-19)31-15-8-7-14-29-25-18-21(3)20(2)17-24(25)28-27(29)26(30)22-11-5-4-6-12-22/h4-6,9-13,16-18,26,30H,7-8,14-15H2,1-3H3. The Labute approximate surface area is 184 Å². The quantitative estimate of drug-likeness (QED) is 0.365. The van der Waals surface area contributed by atoms with Gasteiger partial charge in [0.25, 0.3) is 0 Å². The molecule has 0 radical (unpaired) electrons. The highest BCUT2D eigenvalue weighted by molar-refractivity contribution is 5.78. The number of nitrogens with zero attached hydrogens (tertiary/aromatic N) is 2. The first-order valence-corrected chi connectivity index (χ1v) is 10.9. The maximum atomic E-state index is 11.1. The fourth-order valence-corrected chi connectivity index (χ4v) is 3.89. The molecule has 1 aromatic heterocycles. The molecule has 0 spiro atoms. The summed E-state index contributed by atoms with van der Waals surface area (Å²) in [5, 5.41) is 11.1. The Morgan fingerprint density at radius 1 is 0.903 bits per heavy atom. The Balaban J connectivity index is 1.52. The molecule has 0 amide bonds. The monoisotopic (exact) mass is 414 g/mol. The minimum atomic E-state index is -0.752. The van der Waals surface area contributed by atoms with Gasteiger partial charge in [-0.15, -0.1) is 0 Å². The molecule has 1 atom stereocenters. The summed E-state index contributed by atoms with van der Waals surface area (Å²) in [6.45, 7) is 7.75. The molecule has 4 nitrogen and oxygen atoms in total. The number of aryl methyl sites for hydroxylation is 4. The zero-order valence-corrected chi connectivity index (χ0v) is 18.5. The van der Waals surface area contributed by atoms with Crippen molar-refractivity contribution in [2.24, 2.45) is 0 Å². The minimum absolute atomic E-state index is 0.671. The van der Waals surface area contributed by atoms with E-state index in [-0.39, 0.29) is 0 Å². The van der Waals surface area contributed by atoms with Crippen molar-refractivity contribution in [1.82, 2.24) is 9.55 Å². The Morgan fingerprint density at radius 2 is 1.68 bits per heavy atom. The number of fused-ring (bicyclic) bond motifs is 1. The molecule has 4 aromatic rings. The Kier molecular flexibility index (Phi) is 6.38. The molecule has 31 heavy (non-hydrogen) atoms. The van der Waals surface area contributed by atoms with Crippen molar-refractivity contribution in [3.8, 4) is 5.75 Å². The van der Waals surface area contributed by atoms with Crippen LogP contribution in [0.2, 0.25) is 0 Å². The number of aliphatic hydroxyl groups excluding tert-OH is 1. The second-order valence-corrected chi connectivity index (χ2v) is 8.23. The van der Waals surface area contributed by atoms with Crippen LogP contribution in [-0.2, 0) is 6.54 Å². The van der Waals surface area contributed by atoms with Gasteiger partial charge in [0.2, 0.25) is 0 Å². The van der Waals surface area contributed by atoms with Gasteiger partial charge < -0.3 is 14.4 Å². The number of imidazole rings is 1. The molecule has 0 aliphatic rings. The Hall–Kier alpha value is -3.11. The third-order valence-corrected chi connectivity index (χ3v) is 5.79. The van der Waals surface area contributed by atoms with Gasteiger partial charge in [-0.2, -0.15) is 0 Å². The van der Waals surface area contributed by atoms with E-state index >= 15 is 0 Å². The number of hydrogen-bond acceptors (Lipinski definition) is 3. The average molecular weight is 415 g/mol. The van der Waals surface area contributed by atoms with Gasteiger partial charge in [0.05, 0.1) is 17.6 Å². The zero-order chi connectivity index (χ0) is 21.8. The highest BCUT2D eigenvalue weighted by atomic mass is 16.5. The minimum Gasteiger partial charge on any atom is -0.494 e. The van der Waals surface area contributed by atoms with Crippen molar-refractivity contribution >= 4 is 11.0 Å². The SMILES string of the molecule is Cc1cccc(OCCCCn2c(C(O)c3ccccc3)nc3cc(C)c(C)cc32)c1. The van der Waals surface area contributed by atoms with E-state index in [0.29, 0.717) is 12.4 Å². The second kappa shape index (κ2) is 9.36. The Morgan fingerprint density at radius 3 is 2.45 bits per heavy atom. The first-order chi connectivity index (χ1) is 15.0. The van der Waals surface area contributed by atoms with E-state index in [0.717, 1.165) is 41.7 Å². The van der Waals surface area contributed by atoms with Crippen LogP contribution in [0.4, 0.5) is 0 Å². The van der Waals surface area contributed by atoms with Crippen molar-refractivity contribution in [1.29, 1.82) is 0 Å². The number of aliphatic hydroxyl groups is 1. The summed E-state index contributed by atoms with van der Waals surface area (Å²) in [5.41, 5.74) is 6.52. The second-order valence-electron chi connectivity index (χ2n) is 8.23. The van der Waals surface area contributed by atoms with Crippen LogP contribution in [0, 0.1) is 20.8 Å². The summed E-state index contributed by atoms with van der Waals surface area (Å²) in [7, 11) is 0. The van der Waals surface area contributed by atoms with E-state index in [4.69, 9.17) is 9.72 Å². The van der Waals surface area contributed by atoms with Gasteiger partial charge in [-0.3, -0.25) is 0 Å². The van der Waals surface area contributed by atoms with E-state index in [1.807, 2.05) is 42.5 Å². The van der Waals surface area contributed by atoms with Gasteiger partial charge in [0, 0.05) is 6.54 Å². The molecule has 0 bridgehead atoms. The average Bonchev–Trinajstić information content (AvgIpc) is 3.11. The number of unbranched alkanes of at least 4 members (excludes halogenated alkanes) is 1. The molecule has 0 saturated heterocycles. The number of benzene rings is 3. The molecule has 3 aromatic carbocycles. The van der Waals surface area contributed by atoms with Crippen LogP contribution in [0.25, 0.3) is 11.0 Å². The summed E-state index contributed by atoms with van der Waals surface area (Å²) >= 11 is 0. The van der Waals surface area contributed by atoms with Gasteiger partial charge in [-0.1, -0.05) is 42.5 Å². The molecule has 0 fully saturated rings. The molecular formula is C27H30N2O2. The molecule has 1 N–H and O–H groups in total. The molecule has 1 heterocycles. The number of aromatic nitrogens is 2. The van der Waals surface area contributed by atoms with E-state index < -0.39 is 6.10 Å². The summed E-state index contributed by atoms with van der Waals surface area (Å²) < 4.78 is 8.07. The topological polar surface area (TPSA) is 47.3 Å². The van der Waals surface area contributed by atoms with E-state index in [1.54, 1.807) is 0 Å². The predicted molar refractivity (Wildman–Crippen MR) is 126 cm³/mol. The van der Waals surface area contributed by atoms with Crippen molar-refractivity contribution in [2.75, 3.05) is 6.61 Å². The molecule has 4 rings (SSSR count). The van der Waals surface area contributed by atoms with Crippen LogP contribution < -0.4 is 4.74 Å². The molecule has 160 valence electrons. The third-order valence-electron chi connectivity index (χ3n) is 5.79. The van der Waals surface area contributed by atoms with Crippen LogP contribution >= 0.6 is 0 Å². The van der Waals surface area contributed by atoms with Crippen LogP contribution in [0.3, 0.4) is 0 Å². The fourth-order valence-electron chi connectivity index (χ4n) is 3.89. The van der Waals surface area contributed by atoms with Crippen LogP contribution in [0.1, 0.15) is 47.0 Å². The zero-order valence-electron chi connectivity index (χ0n) is 18.5. The van der Waals surface area contributed by atoms with Crippen LogP contribution in [0.15, 0.2) is 66.7 Å². The lowest BCUT2D eigenvalue weighted by Crippen LogP contribution is -2.11. The molecule has 0 saturated carbocycles.